The molecule has 2 unspecified atom stereocenters. The van der Waals surface area contributed by atoms with Crippen LogP contribution >= 0.6 is 12.4 Å². The maximum atomic E-state index is 12.0. The summed E-state index contributed by atoms with van der Waals surface area (Å²) < 4.78 is 0. The lowest BCUT2D eigenvalue weighted by atomic mass is 10.1. The largest absolute Gasteiger partial charge is 0.353 e. The Morgan fingerprint density at radius 3 is 2.35 bits per heavy atom. The van der Waals surface area contributed by atoms with Crippen molar-refractivity contribution in [2.45, 2.75) is 58.0 Å². The predicted octanol–water partition coefficient (Wildman–Crippen LogP) is 1.30. The first-order valence-electron chi connectivity index (χ1n) is 7.21. The van der Waals surface area contributed by atoms with Gasteiger partial charge < -0.3 is 16.0 Å². The zero-order valence-electron chi connectivity index (χ0n) is 12.7. The van der Waals surface area contributed by atoms with E-state index in [1.54, 1.807) is 11.9 Å². The Balaban J connectivity index is 0.00000361. The van der Waals surface area contributed by atoms with E-state index in [0.29, 0.717) is 13.0 Å². The van der Waals surface area contributed by atoms with Crippen molar-refractivity contribution in [2.24, 2.45) is 11.7 Å². The third-order valence-corrected chi connectivity index (χ3v) is 3.99. The van der Waals surface area contributed by atoms with Crippen LogP contribution in [-0.4, -0.2) is 42.4 Å². The summed E-state index contributed by atoms with van der Waals surface area (Å²) in [6.07, 6.45) is 4.58. The van der Waals surface area contributed by atoms with E-state index in [9.17, 15) is 9.59 Å². The van der Waals surface area contributed by atoms with Crippen molar-refractivity contribution < 1.29 is 9.59 Å². The molecule has 0 spiro atoms. The highest BCUT2D eigenvalue weighted by molar-refractivity contribution is 5.85. The summed E-state index contributed by atoms with van der Waals surface area (Å²) in [5, 5.41) is 2.95. The number of amides is 2. The van der Waals surface area contributed by atoms with Gasteiger partial charge in [0.15, 0.2) is 0 Å². The standard InChI is InChI=1S/C14H27N3O2.ClH/c1-10(8-13(18)17(3)11(2)9-15)16-14(19)12-6-4-5-7-12;/h10-12H,4-9,15H2,1-3H3,(H,16,19);1H. The quantitative estimate of drug-likeness (QED) is 0.776. The minimum atomic E-state index is -0.118. The van der Waals surface area contributed by atoms with Crippen LogP contribution in [0.5, 0.6) is 0 Å². The van der Waals surface area contributed by atoms with E-state index in [0.717, 1.165) is 25.7 Å². The second-order valence-corrected chi connectivity index (χ2v) is 5.68. The normalized spacial score (nSPS) is 18.0. The van der Waals surface area contributed by atoms with E-state index in [4.69, 9.17) is 5.73 Å². The summed E-state index contributed by atoms with van der Waals surface area (Å²) in [6.45, 7) is 4.25. The molecule has 0 aromatic rings. The first-order chi connectivity index (χ1) is 8.95. The highest BCUT2D eigenvalue weighted by Gasteiger charge is 2.25. The van der Waals surface area contributed by atoms with Crippen LogP contribution in [0.15, 0.2) is 0 Å². The van der Waals surface area contributed by atoms with Crippen LogP contribution < -0.4 is 11.1 Å². The van der Waals surface area contributed by atoms with Crippen molar-refractivity contribution >= 4 is 24.2 Å². The molecule has 0 saturated heterocycles. The number of halogens is 1. The van der Waals surface area contributed by atoms with Gasteiger partial charge in [0.2, 0.25) is 11.8 Å². The van der Waals surface area contributed by atoms with Gasteiger partial charge in [-0.25, -0.2) is 0 Å². The van der Waals surface area contributed by atoms with Crippen molar-refractivity contribution in [2.75, 3.05) is 13.6 Å². The Kier molecular flexibility index (Phi) is 8.81. The lowest BCUT2D eigenvalue weighted by Crippen LogP contribution is -2.44. The van der Waals surface area contributed by atoms with Gasteiger partial charge in [-0.15, -0.1) is 12.4 Å². The van der Waals surface area contributed by atoms with Gasteiger partial charge >= 0.3 is 0 Å². The molecule has 0 aromatic carbocycles. The summed E-state index contributed by atoms with van der Waals surface area (Å²) in [7, 11) is 1.76. The van der Waals surface area contributed by atoms with Crippen molar-refractivity contribution in [1.82, 2.24) is 10.2 Å². The summed E-state index contributed by atoms with van der Waals surface area (Å²) in [6, 6.07) is -0.0849. The first kappa shape index (κ1) is 19.2. The van der Waals surface area contributed by atoms with E-state index < -0.39 is 0 Å². The van der Waals surface area contributed by atoms with E-state index >= 15 is 0 Å². The van der Waals surface area contributed by atoms with Gasteiger partial charge in [0.05, 0.1) is 0 Å². The molecule has 3 N–H and O–H groups in total. The second kappa shape index (κ2) is 9.19. The Morgan fingerprint density at radius 2 is 1.85 bits per heavy atom. The number of nitrogens with one attached hydrogen (secondary N) is 1. The number of carbonyl (C=O) groups is 2. The van der Waals surface area contributed by atoms with Crippen LogP contribution in [0.3, 0.4) is 0 Å². The molecule has 1 fully saturated rings. The molecule has 2 atom stereocenters. The van der Waals surface area contributed by atoms with E-state index in [-0.39, 0.29) is 42.2 Å². The molecular weight excluding hydrogens is 278 g/mol. The monoisotopic (exact) mass is 305 g/mol. The fraction of sp³-hybridized carbons (Fsp3) is 0.857. The Labute approximate surface area is 128 Å². The fourth-order valence-electron chi connectivity index (χ4n) is 2.41. The molecule has 1 rings (SSSR count). The summed E-state index contributed by atoms with van der Waals surface area (Å²) in [4.78, 5) is 25.6. The number of hydrogen-bond donors (Lipinski definition) is 2. The maximum Gasteiger partial charge on any atom is 0.224 e. The molecule has 1 saturated carbocycles. The van der Waals surface area contributed by atoms with E-state index in [2.05, 4.69) is 5.32 Å². The fourth-order valence-corrected chi connectivity index (χ4v) is 2.41. The number of rotatable bonds is 6. The minimum absolute atomic E-state index is 0. The Bertz CT molecular complexity index is 320. The van der Waals surface area contributed by atoms with E-state index in [1.807, 2.05) is 13.8 Å². The molecule has 6 heteroatoms. The van der Waals surface area contributed by atoms with Crippen molar-refractivity contribution in [3.05, 3.63) is 0 Å². The van der Waals surface area contributed by atoms with Gasteiger partial charge in [0, 0.05) is 38.0 Å². The lowest BCUT2D eigenvalue weighted by Gasteiger charge is -2.25. The summed E-state index contributed by atoms with van der Waals surface area (Å²) in [5.74, 6) is 0.280. The van der Waals surface area contributed by atoms with Crippen LogP contribution in [-0.2, 0) is 9.59 Å². The van der Waals surface area contributed by atoms with Crippen LogP contribution in [0.2, 0.25) is 0 Å². The molecule has 20 heavy (non-hydrogen) atoms. The molecule has 0 aromatic heterocycles. The summed E-state index contributed by atoms with van der Waals surface area (Å²) >= 11 is 0. The number of nitrogens with zero attached hydrogens (tertiary/aromatic N) is 1. The number of hydrogen-bond acceptors (Lipinski definition) is 3. The van der Waals surface area contributed by atoms with Crippen molar-refractivity contribution in [3.8, 4) is 0 Å². The molecular formula is C14H28ClN3O2. The Morgan fingerprint density at radius 1 is 1.30 bits per heavy atom. The smallest absolute Gasteiger partial charge is 0.224 e. The van der Waals surface area contributed by atoms with E-state index in [1.165, 1.54) is 0 Å². The first-order valence-corrected chi connectivity index (χ1v) is 7.21. The van der Waals surface area contributed by atoms with Crippen LogP contribution in [0, 0.1) is 5.92 Å². The SMILES string of the molecule is CC(CC(=O)N(C)C(C)CN)NC(=O)C1CCCC1.Cl. The number of nitrogens with two attached hydrogens (primary N) is 1. The van der Waals surface area contributed by atoms with Crippen LogP contribution in [0.25, 0.3) is 0 Å². The van der Waals surface area contributed by atoms with Gasteiger partial charge in [0.1, 0.15) is 0 Å². The predicted molar refractivity (Wildman–Crippen MR) is 82.7 cm³/mol. The zero-order chi connectivity index (χ0) is 14.4. The van der Waals surface area contributed by atoms with Gasteiger partial charge in [-0.3, -0.25) is 9.59 Å². The molecule has 1 aliphatic rings. The third-order valence-electron chi connectivity index (χ3n) is 3.99. The topological polar surface area (TPSA) is 75.4 Å². The van der Waals surface area contributed by atoms with Gasteiger partial charge in [-0.05, 0) is 26.7 Å². The lowest BCUT2D eigenvalue weighted by molar-refractivity contribution is -0.132. The highest BCUT2D eigenvalue weighted by atomic mass is 35.5. The minimum Gasteiger partial charge on any atom is -0.353 e. The highest BCUT2D eigenvalue weighted by Crippen LogP contribution is 2.24. The molecule has 1 aliphatic carbocycles. The van der Waals surface area contributed by atoms with Crippen LogP contribution in [0.4, 0.5) is 0 Å². The third kappa shape index (κ3) is 5.67. The van der Waals surface area contributed by atoms with Crippen molar-refractivity contribution in [1.29, 1.82) is 0 Å². The Hall–Kier alpha value is -0.810. The molecule has 2 amide bonds. The van der Waals surface area contributed by atoms with Crippen LogP contribution in [0.1, 0.15) is 46.0 Å². The second-order valence-electron chi connectivity index (χ2n) is 5.68. The van der Waals surface area contributed by atoms with Gasteiger partial charge in [-0.1, -0.05) is 12.8 Å². The van der Waals surface area contributed by atoms with Gasteiger partial charge in [-0.2, -0.15) is 0 Å². The summed E-state index contributed by atoms with van der Waals surface area (Å²) in [5.41, 5.74) is 5.54. The van der Waals surface area contributed by atoms with Gasteiger partial charge in [0.25, 0.3) is 0 Å². The number of carbonyl (C=O) groups excluding carboxylic acids is 2. The average Bonchev–Trinajstić information content (AvgIpc) is 2.90. The molecule has 0 heterocycles. The molecule has 0 radical (unpaired) electrons. The molecule has 5 nitrogen and oxygen atoms in total. The van der Waals surface area contributed by atoms with Crippen molar-refractivity contribution in [3.63, 3.8) is 0 Å². The number of likely N-dealkylation sites (N-methyl/N-ethyl adjacent to an activating group) is 1. The molecule has 118 valence electrons. The molecule has 0 bridgehead atoms. The average molecular weight is 306 g/mol. The molecule has 0 aliphatic heterocycles. The maximum absolute atomic E-state index is 12.0. The zero-order valence-corrected chi connectivity index (χ0v) is 13.5.